The van der Waals surface area contributed by atoms with Crippen LogP contribution in [0.25, 0.3) is 0 Å². The number of ether oxygens (including phenoxy) is 3. The van der Waals surface area contributed by atoms with Crippen LogP contribution in [0.4, 0.5) is 0 Å². The highest BCUT2D eigenvalue weighted by Crippen LogP contribution is 2.39. The van der Waals surface area contributed by atoms with Crippen LogP contribution in [0.3, 0.4) is 0 Å². The van der Waals surface area contributed by atoms with Crippen LogP contribution in [0.2, 0.25) is 0 Å². The van der Waals surface area contributed by atoms with E-state index in [9.17, 15) is 9.59 Å². The Morgan fingerprint density at radius 3 is 2.44 bits per heavy atom. The minimum absolute atomic E-state index is 0.152. The topological polar surface area (TPSA) is 61.8 Å². The van der Waals surface area contributed by atoms with Crippen molar-refractivity contribution in [2.24, 2.45) is 0 Å². The average molecular weight is 338 g/mol. The van der Waals surface area contributed by atoms with Gasteiger partial charge in [-0.15, -0.1) is 0 Å². The van der Waals surface area contributed by atoms with Crippen LogP contribution in [0.5, 0.6) is 17.2 Å². The van der Waals surface area contributed by atoms with Crippen molar-refractivity contribution in [3.8, 4) is 17.2 Å². The summed E-state index contributed by atoms with van der Waals surface area (Å²) >= 11 is 0. The third-order valence-corrected chi connectivity index (χ3v) is 3.99. The number of fused-ring (bicyclic) bond motifs is 1. The average Bonchev–Trinajstić information content (AvgIpc) is 2.95. The maximum absolute atomic E-state index is 12.5. The fraction of sp³-hybridized carbons (Fsp3) is 0.200. The summed E-state index contributed by atoms with van der Waals surface area (Å²) in [6.07, 6.45) is 0. The van der Waals surface area contributed by atoms with Gasteiger partial charge in [-0.2, -0.15) is 0 Å². The van der Waals surface area contributed by atoms with Crippen LogP contribution in [0.1, 0.15) is 40.1 Å². The van der Waals surface area contributed by atoms with Gasteiger partial charge in [0, 0.05) is 5.56 Å². The number of hydrogen-bond acceptors (Lipinski definition) is 5. The highest BCUT2D eigenvalue weighted by Gasteiger charge is 2.31. The van der Waals surface area contributed by atoms with Gasteiger partial charge in [0.05, 0.1) is 12.7 Å². The first-order valence-corrected chi connectivity index (χ1v) is 7.83. The largest absolute Gasteiger partial charge is 0.496 e. The number of ketones is 1. The second-order valence-electron chi connectivity index (χ2n) is 5.92. The molecule has 25 heavy (non-hydrogen) atoms. The van der Waals surface area contributed by atoms with E-state index in [0.717, 1.165) is 5.57 Å². The lowest BCUT2D eigenvalue weighted by atomic mass is 10.1. The monoisotopic (exact) mass is 338 g/mol. The summed E-state index contributed by atoms with van der Waals surface area (Å²) in [5.74, 6) is 0.854. The normalized spacial score (nSPS) is 12.5. The first-order valence-electron chi connectivity index (χ1n) is 7.83. The number of allylic oxidation sites excluding steroid dienone is 2. The van der Waals surface area contributed by atoms with Gasteiger partial charge in [-0.25, -0.2) is 4.79 Å². The molecule has 0 saturated heterocycles. The summed E-state index contributed by atoms with van der Waals surface area (Å²) in [6.45, 7) is 5.39. The minimum Gasteiger partial charge on any atom is -0.496 e. The third-order valence-electron chi connectivity index (χ3n) is 3.99. The zero-order valence-corrected chi connectivity index (χ0v) is 14.5. The highest BCUT2D eigenvalue weighted by atomic mass is 16.5. The lowest BCUT2D eigenvalue weighted by Gasteiger charge is -2.11. The quantitative estimate of drug-likeness (QED) is 0.479. The number of esters is 1. The molecule has 3 rings (SSSR count). The van der Waals surface area contributed by atoms with Crippen molar-refractivity contribution >= 4 is 11.8 Å². The van der Waals surface area contributed by atoms with Crippen molar-refractivity contribution in [2.75, 3.05) is 7.11 Å². The van der Waals surface area contributed by atoms with E-state index in [4.69, 9.17) is 14.2 Å². The molecule has 1 heterocycles. The van der Waals surface area contributed by atoms with Crippen molar-refractivity contribution in [3.63, 3.8) is 0 Å². The predicted molar refractivity (Wildman–Crippen MR) is 92.5 cm³/mol. The molecule has 0 saturated carbocycles. The number of para-hydroxylation sites is 1. The summed E-state index contributed by atoms with van der Waals surface area (Å²) in [5, 5.41) is 0. The number of benzene rings is 2. The van der Waals surface area contributed by atoms with E-state index in [0.29, 0.717) is 39.7 Å². The van der Waals surface area contributed by atoms with Crippen LogP contribution in [-0.4, -0.2) is 18.9 Å². The maximum Gasteiger partial charge on any atom is 0.347 e. The maximum atomic E-state index is 12.5. The Bertz CT molecular complexity index is 904. The Balaban J connectivity index is 1.94. The molecule has 0 spiro atoms. The van der Waals surface area contributed by atoms with Gasteiger partial charge in [-0.3, -0.25) is 4.79 Å². The number of carbonyl (C=O) groups excluding carboxylic acids is 2. The molecular weight excluding hydrogens is 320 g/mol. The van der Waals surface area contributed by atoms with Gasteiger partial charge in [0.2, 0.25) is 5.78 Å². The van der Waals surface area contributed by atoms with E-state index in [2.05, 4.69) is 0 Å². The standard InChI is InChI=1S/C20H18O5/c1-11(2)18-17(21)14-9-10-15(12(3)19(14)25-18)24-20(22)13-7-5-6-8-16(13)23-4/h5-10H,1-4H3. The zero-order valence-electron chi connectivity index (χ0n) is 14.5. The molecule has 128 valence electrons. The second kappa shape index (κ2) is 6.43. The lowest BCUT2D eigenvalue weighted by Crippen LogP contribution is -2.11. The van der Waals surface area contributed by atoms with Crippen LogP contribution in [0, 0.1) is 6.92 Å². The summed E-state index contributed by atoms with van der Waals surface area (Å²) < 4.78 is 16.4. The molecule has 0 fully saturated rings. The summed E-state index contributed by atoms with van der Waals surface area (Å²) in [5.41, 5.74) is 2.20. The van der Waals surface area contributed by atoms with Crippen molar-refractivity contribution in [1.29, 1.82) is 0 Å². The first kappa shape index (κ1) is 16.8. The van der Waals surface area contributed by atoms with Crippen LogP contribution >= 0.6 is 0 Å². The summed E-state index contributed by atoms with van der Waals surface area (Å²) in [6, 6.07) is 10.1. The van der Waals surface area contributed by atoms with Gasteiger partial charge < -0.3 is 14.2 Å². The molecule has 5 heteroatoms. The molecule has 0 bridgehead atoms. The molecular formula is C20H18O5. The number of hydrogen-bond donors (Lipinski definition) is 0. The summed E-state index contributed by atoms with van der Waals surface area (Å²) in [7, 11) is 1.49. The predicted octanol–water partition coefficient (Wildman–Crippen LogP) is 4.09. The number of rotatable bonds is 3. The highest BCUT2D eigenvalue weighted by molar-refractivity contribution is 6.13. The van der Waals surface area contributed by atoms with Crippen LogP contribution in [-0.2, 0) is 0 Å². The Morgan fingerprint density at radius 2 is 1.76 bits per heavy atom. The van der Waals surface area contributed by atoms with Crippen molar-refractivity contribution in [2.45, 2.75) is 20.8 Å². The molecule has 0 N–H and O–H groups in total. The van der Waals surface area contributed by atoms with E-state index in [1.165, 1.54) is 7.11 Å². The SMILES string of the molecule is COc1ccccc1C(=O)Oc1ccc2c(c1C)OC(=C(C)C)C2=O. The van der Waals surface area contributed by atoms with E-state index >= 15 is 0 Å². The molecule has 2 aromatic rings. The molecule has 0 radical (unpaired) electrons. The molecule has 1 aliphatic rings. The third kappa shape index (κ3) is 2.89. The van der Waals surface area contributed by atoms with E-state index in [-0.39, 0.29) is 5.78 Å². The molecule has 0 aromatic heterocycles. The summed E-state index contributed by atoms with van der Waals surface area (Å²) in [4.78, 5) is 24.8. The van der Waals surface area contributed by atoms with Crippen LogP contribution < -0.4 is 14.2 Å². The Hall–Kier alpha value is -3.08. The van der Waals surface area contributed by atoms with Gasteiger partial charge in [0.25, 0.3) is 0 Å². The minimum atomic E-state index is -0.535. The zero-order chi connectivity index (χ0) is 18.1. The van der Waals surface area contributed by atoms with Crippen LogP contribution in [0.15, 0.2) is 47.7 Å². The van der Waals surface area contributed by atoms with Crippen molar-refractivity contribution in [1.82, 2.24) is 0 Å². The lowest BCUT2D eigenvalue weighted by molar-refractivity contribution is 0.0729. The van der Waals surface area contributed by atoms with E-state index in [1.54, 1.807) is 43.3 Å². The molecule has 0 aliphatic carbocycles. The van der Waals surface area contributed by atoms with Gasteiger partial charge in [-0.05, 0) is 50.6 Å². The van der Waals surface area contributed by atoms with E-state index < -0.39 is 5.97 Å². The Labute approximate surface area is 145 Å². The van der Waals surface area contributed by atoms with Crippen molar-refractivity contribution < 1.29 is 23.8 Å². The van der Waals surface area contributed by atoms with Gasteiger partial charge in [0.1, 0.15) is 22.8 Å². The second-order valence-corrected chi connectivity index (χ2v) is 5.92. The van der Waals surface area contributed by atoms with Crippen molar-refractivity contribution in [3.05, 3.63) is 64.4 Å². The van der Waals surface area contributed by atoms with E-state index in [1.807, 2.05) is 13.8 Å². The number of methoxy groups -OCH3 is 1. The molecule has 5 nitrogen and oxygen atoms in total. The molecule has 0 amide bonds. The smallest absolute Gasteiger partial charge is 0.347 e. The van der Waals surface area contributed by atoms with Gasteiger partial charge in [-0.1, -0.05) is 12.1 Å². The first-order chi connectivity index (χ1) is 11.9. The molecule has 2 aromatic carbocycles. The molecule has 0 atom stereocenters. The van der Waals surface area contributed by atoms with Gasteiger partial charge in [0.15, 0.2) is 5.76 Å². The number of Topliss-reactive ketones (excluding diaryl/α,β-unsaturated/α-hetero) is 1. The Kier molecular flexibility index (Phi) is 4.31. The molecule has 1 aliphatic heterocycles. The fourth-order valence-electron chi connectivity index (χ4n) is 2.66. The number of carbonyl (C=O) groups is 2. The fourth-order valence-corrected chi connectivity index (χ4v) is 2.66. The Morgan fingerprint density at radius 1 is 1.04 bits per heavy atom. The molecule has 0 unspecified atom stereocenters. The van der Waals surface area contributed by atoms with Gasteiger partial charge >= 0.3 is 5.97 Å².